The average molecular weight is 700 g/mol. The molecule has 1 nitrogen and oxygen atoms in total. The molecule has 0 saturated heterocycles. The lowest BCUT2D eigenvalue weighted by Gasteiger charge is -2.27. The Morgan fingerprint density at radius 2 is 1.02 bits per heavy atom. The van der Waals surface area contributed by atoms with Crippen LogP contribution in [0.1, 0.15) is 25.0 Å². The molecule has 8 aromatic carbocycles. The van der Waals surface area contributed by atoms with Crippen LogP contribution in [0, 0.1) is 0 Å². The number of hydrogen-bond donors (Lipinski definition) is 0. The Balaban J connectivity index is 1.06. The standard InChI is InChI=1S/C49H33NS2/c1-49(2)42-12-6-3-9-36(42)41-28-34(23-25-43(41)49)50(35-22-24-38-37-10-4-7-13-44(37)52-47(38)29-35)33-20-17-30(18-21-33)32-16-15-31-19-26-46-48(40(31)27-32)39-11-5-8-14-45(39)51-46/h3-29H,1-2H3. The van der Waals surface area contributed by atoms with E-state index in [1.807, 2.05) is 22.7 Å². The number of nitrogens with zero attached hydrogens (tertiary/aromatic N) is 1. The van der Waals surface area contributed by atoms with Crippen LogP contribution in [-0.4, -0.2) is 0 Å². The second-order valence-corrected chi connectivity index (χ2v) is 16.7. The molecule has 52 heavy (non-hydrogen) atoms. The summed E-state index contributed by atoms with van der Waals surface area (Å²) in [6.45, 7) is 4.70. The third-order valence-corrected chi connectivity index (χ3v) is 13.5. The average Bonchev–Trinajstić information content (AvgIpc) is 3.83. The Kier molecular flexibility index (Phi) is 6.41. The minimum atomic E-state index is -0.0341. The van der Waals surface area contributed by atoms with Crippen molar-refractivity contribution >= 4 is 90.9 Å². The van der Waals surface area contributed by atoms with Crippen molar-refractivity contribution < 1.29 is 0 Å². The number of hydrogen-bond acceptors (Lipinski definition) is 3. The van der Waals surface area contributed by atoms with Crippen molar-refractivity contribution in [1.29, 1.82) is 0 Å². The van der Waals surface area contributed by atoms with Gasteiger partial charge in [0.15, 0.2) is 0 Å². The van der Waals surface area contributed by atoms with E-state index in [0.717, 1.165) is 17.1 Å². The first-order valence-electron chi connectivity index (χ1n) is 17.9. The predicted molar refractivity (Wildman–Crippen MR) is 227 cm³/mol. The van der Waals surface area contributed by atoms with Gasteiger partial charge < -0.3 is 4.90 Å². The zero-order chi connectivity index (χ0) is 34.6. The van der Waals surface area contributed by atoms with Gasteiger partial charge in [0.25, 0.3) is 0 Å². The van der Waals surface area contributed by atoms with Gasteiger partial charge in [0.1, 0.15) is 0 Å². The fourth-order valence-corrected chi connectivity index (χ4v) is 10.9. The van der Waals surface area contributed by atoms with E-state index in [4.69, 9.17) is 0 Å². The summed E-state index contributed by atoms with van der Waals surface area (Å²) in [5.41, 5.74) is 11.3. The van der Waals surface area contributed by atoms with Gasteiger partial charge in [0.2, 0.25) is 0 Å². The molecule has 1 aliphatic carbocycles. The first-order chi connectivity index (χ1) is 25.5. The molecule has 0 radical (unpaired) electrons. The highest BCUT2D eigenvalue weighted by Crippen LogP contribution is 2.51. The van der Waals surface area contributed by atoms with E-state index in [2.05, 4.69) is 183 Å². The molecule has 0 spiro atoms. The first-order valence-corrected chi connectivity index (χ1v) is 19.5. The lowest BCUT2D eigenvalue weighted by Crippen LogP contribution is -2.15. The van der Waals surface area contributed by atoms with Gasteiger partial charge in [-0.2, -0.15) is 0 Å². The van der Waals surface area contributed by atoms with E-state index in [0.29, 0.717) is 0 Å². The molecule has 0 bridgehead atoms. The van der Waals surface area contributed by atoms with E-state index in [1.54, 1.807) is 0 Å². The fourth-order valence-electron chi connectivity index (χ4n) is 8.67. The van der Waals surface area contributed by atoms with Gasteiger partial charge in [0.05, 0.1) is 0 Å². The Labute approximate surface area is 310 Å². The summed E-state index contributed by atoms with van der Waals surface area (Å²) in [5, 5.41) is 7.93. The largest absolute Gasteiger partial charge is 0.310 e. The van der Waals surface area contributed by atoms with Gasteiger partial charge in [0, 0.05) is 62.8 Å². The van der Waals surface area contributed by atoms with E-state index in [9.17, 15) is 0 Å². The number of anilines is 3. The summed E-state index contributed by atoms with van der Waals surface area (Å²) in [6, 6.07) is 61.1. The molecule has 3 heteroatoms. The molecule has 11 rings (SSSR count). The van der Waals surface area contributed by atoms with Crippen LogP contribution in [-0.2, 0) is 5.41 Å². The van der Waals surface area contributed by atoms with E-state index >= 15 is 0 Å². The van der Waals surface area contributed by atoms with E-state index < -0.39 is 0 Å². The van der Waals surface area contributed by atoms with E-state index in [-0.39, 0.29) is 5.41 Å². The van der Waals surface area contributed by atoms with Gasteiger partial charge in [-0.3, -0.25) is 0 Å². The summed E-state index contributed by atoms with van der Waals surface area (Å²) in [4.78, 5) is 2.43. The van der Waals surface area contributed by atoms with Crippen LogP contribution in [0.4, 0.5) is 17.1 Å². The van der Waals surface area contributed by atoms with Crippen molar-refractivity contribution in [3.63, 3.8) is 0 Å². The minimum absolute atomic E-state index is 0.0341. The molecule has 0 unspecified atom stereocenters. The van der Waals surface area contributed by atoms with Crippen molar-refractivity contribution in [2.24, 2.45) is 0 Å². The number of fused-ring (bicyclic) bond motifs is 11. The van der Waals surface area contributed by atoms with Crippen molar-refractivity contribution in [2.75, 3.05) is 4.90 Å². The van der Waals surface area contributed by atoms with Gasteiger partial charge in [-0.1, -0.05) is 117 Å². The van der Waals surface area contributed by atoms with Crippen LogP contribution < -0.4 is 4.90 Å². The normalized spacial score (nSPS) is 13.3. The molecule has 1 aliphatic rings. The van der Waals surface area contributed by atoms with Crippen LogP contribution in [0.3, 0.4) is 0 Å². The summed E-state index contributed by atoms with van der Waals surface area (Å²) >= 11 is 3.75. The molecule has 2 heterocycles. The maximum Gasteiger partial charge on any atom is 0.0476 e. The first kappa shape index (κ1) is 29.9. The van der Waals surface area contributed by atoms with Crippen molar-refractivity contribution in [1.82, 2.24) is 0 Å². The number of rotatable bonds is 4. The molecule has 0 fully saturated rings. The highest BCUT2D eigenvalue weighted by atomic mass is 32.1. The number of thiophene rings is 2. The maximum absolute atomic E-state index is 2.43. The molecular weight excluding hydrogens is 667 g/mol. The smallest absolute Gasteiger partial charge is 0.0476 e. The predicted octanol–water partition coefficient (Wildman–Crippen LogP) is 15.0. The SMILES string of the molecule is CC1(C)c2ccccc2-c2cc(N(c3ccc(-c4ccc5ccc6sc7ccccc7c6c5c4)cc3)c3ccc4c(c3)sc3ccccc34)ccc21. The van der Waals surface area contributed by atoms with Crippen LogP contribution in [0.15, 0.2) is 164 Å². The minimum Gasteiger partial charge on any atom is -0.310 e. The van der Waals surface area contributed by atoms with Gasteiger partial charge >= 0.3 is 0 Å². The number of benzene rings is 8. The molecule has 0 aliphatic heterocycles. The van der Waals surface area contributed by atoms with E-state index in [1.165, 1.54) is 84.5 Å². The Hall–Kier alpha value is -5.74. The van der Waals surface area contributed by atoms with Crippen LogP contribution in [0.25, 0.3) is 73.4 Å². The van der Waals surface area contributed by atoms with Gasteiger partial charge in [-0.15, -0.1) is 22.7 Å². The topological polar surface area (TPSA) is 3.24 Å². The van der Waals surface area contributed by atoms with Crippen molar-refractivity contribution in [2.45, 2.75) is 19.3 Å². The summed E-state index contributed by atoms with van der Waals surface area (Å²) in [6.07, 6.45) is 0. The van der Waals surface area contributed by atoms with Crippen molar-refractivity contribution in [3.05, 3.63) is 175 Å². The molecule has 0 N–H and O–H groups in total. The molecular formula is C49H33NS2. The second kappa shape index (κ2) is 11.1. The summed E-state index contributed by atoms with van der Waals surface area (Å²) in [5.74, 6) is 0. The third kappa shape index (κ3) is 4.40. The fraction of sp³-hybridized carbons (Fsp3) is 0.0612. The monoisotopic (exact) mass is 699 g/mol. The second-order valence-electron chi connectivity index (χ2n) is 14.5. The molecule has 10 aromatic rings. The highest BCUT2D eigenvalue weighted by molar-refractivity contribution is 7.26. The Morgan fingerprint density at radius 1 is 0.404 bits per heavy atom. The van der Waals surface area contributed by atoms with Gasteiger partial charge in [-0.05, 0) is 105 Å². The quantitative estimate of drug-likeness (QED) is 0.177. The Bertz CT molecular complexity index is 3050. The molecule has 0 atom stereocenters. The third-order valence-electron chi connectivity index (χ3n) is 11.3. The molecule has 0 amide bonds. The van der Waals surface area contributed by atoms with Gasteiger partial charge in [-0.25, -0.2) is 0 Å². The van der Waals surface area contributed by atoms with Crippen LogP contribution in [0.5, 0.6) is 0 Å². The van der Waals surface area contributed by atoms with Crippen molar-refractivity contribution in [3.8, 4) is 22.3 Å². The highest BCUT2D eigenvalue weighted by Gasteiger charge is 2.35. The lowest BCUT2D eigenvalue weighted by atomic mass is 9.82. The summed E-state index contributed by atoms with van der Waals surface area (Å²) in [7, 11) is 0. The molecule has 2 aromatic heterocycles. The van der Waals surface area contributed by atoms with Crippen LogP contribution in [0.2, 0.25) is 0 Å². The molecule has 246 valence electrons. The van der Waals surface area contributed by atoms with Crippen LogP contribution >= 0.6 is 22.7 Å². The molecule has 0 saturated carbocycles. The maximum atomic E-state index is 2.43. The lowest BCUT2D eigenvalue weighted by molar-refractivity contribution is 0.660. The zero-order valence-electron chi connectivity index (χ0n) is 28.9. The Morgan fingerprint density at radius 3 is 1.88 bits per heavy atom. The summed E-state index contributed by atoms with van der Waals surface area (Å²) < 4.78 is 5.31. The zero-order valence-corrected chi connectivity index (χ0v) is 30.5.